The predicted octanol–water partition coefficient (Wildman–Crippen LogP) is 1.66. The standard InChI is InChI=1S/C17H18F2N4O3S/c18-10-1-4-14(13(19)5-10)22-16(26)9-27-17-20-6-12(8-24)23(17)7-15(25)21-11-2-3-11/h1,4-6,11,24H,2-3,7-9H2,(H,21,25)(H,22,26). The largest absolute Gasteiger partial charge is 0.390 e. The van der Waals surface area contributed by atoms with Gasteiger partial charge in [0.25, 0.3) is 0 Å². The lowest BCUT2D eigenvalue weighted by Gasteiger charge is -2.11. The summed E-state index contributed by atoms with van der Waals surface area (Å²) < 4.78 is 28.0. The fourth-order valence-corrected chi connectivity index (χ4v) is 3.15. The van der Waals surface area contributed by atoms with Crippen molar-refractivity contribution in [3.63, 3.8) is 0 Å². The van der Waals surface area contributed by atoms with Gasteiger partial charge in [0.05, 0.1) is 29.9 Å². The Morgan fingerprint density at radius 1 is 1.30 bits per heavy atom. The fraction of sp³-hybridized carbons (Fsp3) is 0.353. The summed E-state index contributed by atoms with van der Waals surface area (Å²) in [4.78, 5) is 28.2. The molecular formula is C17H18F2N4O3S. The first kappa shape index (κ1) is 19.3. The Hall–Kier alpha value is -2.46. The highest BCUT2D eigenvalue weighted by Gasteiger charge is 2.24. The second-order valence-corrected chi connectivity index (χ2v) is 7.02. The maximum absolute atomic E-state index is 13.6. The number of carbonyl (C=O) groups excluding carboxylic acids is 2. The molecule has 2 aromatic rings. The zero-order chi connectivity index (χ0) is 19.4. The van der Waals surface area contributed by atoms with Gasteiger partial charge in [-0.25, -0.2) is 13.8 Å². The lowest BCUT2D eigenvalue weighted by Crippen LogP contribution is -2.30. The molecule has 1 aliphatic rings. The van der Waals surface area contributed by atoms with Crippen LogP contribution < -0.4 is 10.6 Å². The Morgan fingerprint density at radius 2 is 2.07 bits per heavy atom. The summed E-state index contributed by atoms with van der Waals surface area (Å²) in [7, 11) is 0. The number of aromatic nitrogens is 2. The van der Waals surface area contributed by atoms with E-state index in [0.717, 1.165) is 36.7 Å². The summed E-state index contributed by atoms with van der Waals surface area (Å²) >= 11 is 1.05. The highest BCUT2D eigenvalue weighted by atomic mass is 32.2. The molecule has 3 rings (SSSR count). The molecule has 0 unspecified atom stereocenters. The van der Waals surface area contributed by atoms with Crippen LogP contribution in [0.1, 0.15) is 18.5 Å². The molecule has 27 heavy (non-hydrogen) atoms. The highest BCUT2D eigenvalue weighted by molar-refractivity contribution is 7.99. The second kappa shape index (κ2) is 8.49. The normalized spacial score (nSPS) is 13.4. The number of carbonyl (C=O) groups is 2. The van der Waals surface area contributed by atoms with E-state index < -0.39 is 17.5 Å². The smallest absolute Gasteiger partial charge is 0.240 e. The first-order valence-electron chi connectivity index (χ1n) is 8.28. The molecule has 3 N–H and O–H groups in total. The number of anilines is 1. The van der Waals surface area contributed by atoms with Crippen LogP contribution in [0.2, 0.25) is 0 Å². The first-order chi connectivity index (χ1) is 13.0. The number of halogens is 2. The van der Waals surface area contributed by atoms with E-state index in [0.29, 0.717) is 16.9 Å². The van der Waals surface area contributed by atoms with Crippen molar-refractivity contribution in [2.75, 3.05) is 11.1 Å². The molecule has 0 atom stereocenters. The summed E-state index contributed by atoms with van der Waals surface area (Å²) in [5.41, 5.74) is 0.332. The number of amides is 2. The van der Waals surface area contributed by atoms with Crippen LogP contribution >= 0.6 is 11.8 Å². The van der Waals surface area contributed by atoms with Gasteiger partial charge in [0, 0.05) is 12.1 Å². The van der Waals surface area contributed by atoms with Crippen LogP contribution in [0.15, 0.2) is 29.6 Å². The number of aliphatic hydroxyl groups excluding tert-OH is 1. The molecule has 1 aromatic heterocycles. The number of rotatable bonds is 8. The lowest BCUT2D eigenvalue weighted by molar-refractivity contribution is -0.122. The van der Waals surface area contributed by atoms with Gasteiger partial charge in [0.1, 0.15) is 18.2 Å². The number of hydrogen-bond acceptors (Lipinski definition) is 5. The van der Waals surface area contributed by atoms with Crippen molar-refractivity contribution < 1.29 is 23.5 Å². The summed E-state index contributed by atoms with van der Waals surface area (Å²) in [5.74, 6) is -2.39. The number of nitrogens with zero attached hydrogens (tertiary/aromatic N) is 2. The zero-order valence-corrected chi connectivity index (χ0v) is 15.1. The van der Waals surface area contributed by atoms with Gasteiger partial charge in [0.15, 0.2) is 5.16 Å². The Morgan fingerprint density at radius 3 is 2.74 bits per heavy atom. The topological polar surface area (TPSA) is 96.2 Å². The SMILES string of the molecule is O=C(CSc1ncc(CO)n1CC(=O)NC1CC1)Nc1ccc(F)cc1F. The second-order valence-electron chi connectivity index (χ2n) is 6.08. The molecule has 7 nitrogen and oxygen atoms in total. The maximum Gasteiger partial charge on any atom is 0.240 e. The van der Waals surface area contributed by atoms with Gasteiger partial charge in [0.2, 0.25) is 11.8 Å². The number of thioether (sulfide) groups is 1. The minimum atomic E-state index is -0.867. The summed E-state index contributed by atoms with van der Waals surface area (Å²) in [5, 5.41) is 15.0. The Labute approximate surface area is 158 Å². The maximum atomic E-state index is 13.6. The van der Waals surface area contributed by atoms with E-state index in [1.165, 1.54) is 10.8 Å². The highest BCUT2D eigenvalue weighted by Crippen LogP contribution is 2.22. The quantitative estimate of drug-likeness (QED) is 0.590. The number of aliphatic hydroxyl groups is 1. The monoisotopic (exact) mass is 396 g/mol. The number of hydrogen-bond donors (Lipinski definition) is 3. The minimum absolute atomic E-state index is 0.0110. The molecule has 1 heterocycles. The van der Waals surface area contributed by atoms with Crippen LogP contribution in [0.25, 0.3) is 0 Å². The predicted molar refractivity (Wildman–Crippen MR) is 95.0 cm³/mol. The number of imidazole rings is 1. The van der Waals surface area contributed by atoms with E-state index in [1.807, 2.05) is 0 Å². The van der Waals surface area contributed by atoms with E-state index in [4.69, 9.17) is 0 Å². The molecule has 10 heteroatoms. The average Bonchev–Trinajstić information content (AvgIpc) is 3.35. The molecule has 0 bridgehead atoms. The molecule has 2 amide bonds. The van der Waals surface area contributed by atoms with Crippen LogP contribution in [0, 0.1) is 11.6 Å². The molecule has 1 saturated carbocycles. The van der Waals surface area contributed by atoms with Crippen LogP contribution in [0.4, 0.5) is 14.5 Å². The van der Waals surface area contributed by atoms with E-state index in [9.17, 15) is 23.5 Å². The van der Waals surface area contributed by atoms with E-state index >= 15 is 0 Å². The molecular weight excluding hydrogens is 378 g/mol. The summed E-state index contributed by atoms with van der Waals surface area (Å²) in [6.45, 7) is -0.305. The van der Waals surface area contributed by atoms with Crippen molar-refractivity contribution in [2.45, 2.75) is 37.2 Å². The van der Waals surface area contributed by atoms with Gasteiger partial charge in [-0.15, -0.1) is 0 Å². The summed E-state index contributed by atoms with van der Waals surface area (Å²) in [6, 6.07) is 3.08. The van der Waals surface area contributed by atoms with Crippen molar-refractivity contribution in [3.05, 3.63) is 41.7 Å². The van der Waals surface area contributed by atoms with Crippen molar-refractivity contribution >= 4 is 29.3 Å². The van der Waals surface area contributed by atoms with Gasteiger partial charge >= 0.3 is 0 Å². The molecule has 0 aliphatic heterocycles. The van der Waals surface area contributed by atoms with Crippen LogP contribution in [-0.2, 0) is 22.7 Å². The molecule has 1 aromatic carbocycles. The number of nitrogens with one attached hydrogen (secondary N) is 2. The third kappa shape index (κ3) is 5.27. The Bertz CT molecular complexity index is 855. The van der Waals surface area contributed by atoms with Crippen molar-refractivity contribution in [2.24, 2.45) is 0 Å². The van der Waals surface area contributed by atoms with Gasteiger partial charge in [-0.3, -0.25) is 9.59 Å². The third-order valence-corrected chi connectivity index (χ3v) is 4.84. The van der Waals surface area contributed by atoms with Crippen molar-refractivity contribution in [1.29, 1.82) is 0 Å². The van der Waals surface area contributed by atoms with Gasteiger partial charge in [-0.05, 0) is 25.0 Å². The molecule has 144 valence electrons. The molecule has 0 spiro atoms. The average molecular weight is 396 g/mol. The van der Waals surface area contributed by atoms with Gasteiger partial charge in [-0.2, -0.15) is 0 Å². The minimum Gasteiger partial charge on any atom is -0.390 e. The van der Waals surface area contributed by atoms with E-state index in [1.54, 1.807) is 0 Å². The van der Waals surface area contributed by atoms with Crippen LogP contribution in [-0.4, -0.2) is 38.3 Å². The Balaban J connectivity index is 1.60. The van der Waals surface area contributed by atoms with Crippen LogP contribution in [0.3, 0.4) is 0 Å². The lowest BCUT2D eigenvalue weighted by atomic mass is 10.3. The molecule has 0 radical (unpaired) electrons. The van der Waals surface area contributed by atoms with Crippen LogP contribution in [0.5, 0.6) is 0 Å². The van der Waals surface area contributed by atoms with Gasteiger partial charge in [-0.1, -0.05) is 11.8 Å². The van der Waals surface area contributed by atoms with E-state index in [-0.39, 0.29) is 36.5 Å². The van der Waals surface area contributed by atoms with Gasteiger partial charge < -0.3 is 20.3 Å². The third-order valence-electron chi connectivity index (χ3n) is 3.85. The van der Waals surface area contributed by atoms with Crippen molar-refractivity contribution in [3.8, 4) is 0 Å². The fourth-order valence-electron chi connectivity index (χ4n) is 2.35. The molecule has 0 saturated heterocycles. The van der Waals surface area contributed by atoms with E-state index in [2.05, 4.69) is 15.6 Å². The Kier molecular flexibility index (Phi) is 6.07. The zero-order valence-electron chi connectivity index (χ0n) is 14.2. The first-order valence-corrected chi connectivity index (χ1v) is 9.27. The number of benzene rings is 1. The van der Waals surface area contributed by atoms with Crippen molar-refractivity contribution in [1.82, 2.24) is 14.9 Å². The molecule has 1 fully saturated rings. The molecule has 1 aliphatic carbocycles. The summed E-state index contributed by atoms with van der Waals surface area (Å²) in [6.07, 6.45) is 3.36.